The summed E-state index contributed by atoms with van der Waals surface area (Å²) in [5.41, 5.74) is 3.34. The fourth-order valence-corrected chi connectivity index (χ4v) is 2.13. The smallest absolute Gasteiger partial charge is 0.0706 e. The normalized spacial score (nSPS) is 10.4. The van der Waals surface area contributed by atoms with Gasteiger partial charge in [0.1, 0.15) is 4.49 Å². The summed E-state index contributed by atoms with van der Waals surface area (Å²) in [7, 11) is 0. The second kappa shape index (κ2) is 4.86. The molecule has 1 rings (SSSR count). The Labute approximate surface area is 95.5 Å². The minimum atomic E-state index is 0.335. The third kappa shape index (κ3) is 2.76. The summed E-state index contributed by atoms with van der Waals surface area (Å²) in [6, 6.07) is 8.21. The minimum Gasteiger partial charge on any atom is -0.0706 e. The lowest BCUT2D eigenvalue weighted by atomic mass is 9.96. The van der Waals surface area contributed by atoms with Gasteiger partial charge >= 0.3 is 0 Å². The van der Waals surface area contributed by atoms with Gasteiger partial charge in [-0.2, -0.15) is 0 Å². The Bertz CT molecular complexity index is 347. The van der Waals surface area contributed by atoms with Crippen LogP contribution in [0, 0.1) is 12.8 Å². The summed E-state index contributed by atoms with van der Waals surface area (Å²) >= 11 is 11.7. The Morgan fingerprint density at radius 3 is 2.29 bits per heavy atom. The Morgan fingerprint density at radius 2 is 1.86 bits per heavy atom. The van der Waals surface area contributed by atoms with E-state index >= 15 is 0 Å². The van der Waals surface area contributed by atoms with E-state index in [1.807, 2.05) is 12.1 Å². The number of rotatable bonds is 2. The van der Waals surface area contributed by atoms with Crippen LogP contribution in [-0.4, -0.2) is 0 Å². The second-order valence-corrected chi connectivity index (χ2v) is 4.65. The van der Waals surface area contributed by atoms with E-state index in [0.29, 0.717) is 10.4 Å². The van der Waals surface area contributed by atoms with Gasteiger partial charge in [0.05, 0.1) is 0 Å². The molecule has 0 radical (unpaired) electrons. The van der Waals surface area contributed by atoms with Crippen molar-refractivity contribution in [2.75, 3.05) is 0 Å². The predicted octanol–water partition coefficient (Wildman–Crippen LogP) is 4.80. The maximum atomic E-state index is 5.87. The van der Waals surface area contributed by atoms with Crippen LogP contribution in [0.3, 0.4) is 0 Å². The van der Waals surface area contributed by atoms with Crippen molar-refractivity contribution in [3.05, 3.63) is 39.9 Å². The van der Waals surface area contributed by atoms with Gasteiger partial charge in [-0.15, -0.1) is 0 Å². The molecular weight excluding hydrogens is 215 g/mol. The second-order valence-electron chi connectivity index (χ2n) is 3.70. The molecule has 1 aromatic rings. The molecule has 0 saturated heterocycles. The number of aryl methyl sites for hydroxylation is 1. The van der Waals surface area contributed by atoms with Crippen LogP contribution in [-0.2, 0) is 0 Å². The van der Waals surface area contributed by atoms with Crippen molar-refractivity contribution in [1.29, 1.82) is 0 Å². The van der Waals surface area contributed by atoms with E-state index in [4.69, 9.17) is 23.2 Å². The van der Waals surface area contributed by atoms with Crippen LogP contribution in [0.1, 0.15) is 25.0 Å². The third-order valence-electron chi connectivity index (χ3n) is 2.11. The zero-order valence-electron chi connectivity index (χ0n) is 8.64. The first-order valence-electron chi connectivity index (χ1n) is 4.64. The lowest BCUT2D eigenvalue weighted by Crippen LogP contribution is -1.94. The summed E-state index contributed by atoms with van der Waals surface area (Å²) in [4.78, 5) is 0. The van der Waals surface area contributed by atoms with Gasteiger partial charge in [-0.3, -0.25) is 0 Å². The Balaban J connectivity index is 3.20. The van der Waals surface area contributed by atoms with Gasteiger partial charge in [-0.25, -0.2) is 0 Å². The quantitative estimate of drug-likeness (QED) is 0.683. The van der Waals surface area contributed by atoms with E-state index in [0.717, 1.165) is 11.1 Å². The van der Waals surface area contributed by atoms with Crippen LogP contribution in [0.4, 0.5) is 0 Å². The molecule has 0 fully saturated rings. The number of hydrogen-bond donors (Lipinski definition) is 0. The van der Waals surface area contributed by atoms with E-state index in [-0.39, 0.29) is 0 Å². The monoisotopic (exact) mass is 228 g/mol. The fourth-order valence-electron chi connectivity index (χ4n) is 1.47. The Hall–Kier alpha value is -0.460. The summed E-state index contributed by atoms with van der Waals surface area (Å²) in [6.45, 7) is 6.23. The highest BCUT2D eigenvalue weighted by Gasteiger charge is 2.10. The molecule has 0 amide bonds. The van der Waals surface area contributed by atoms with Gasteiger partial charge in [0.25, 0.3) is 0 Å². The zero-order chi connectivity index (χ0) is 10.7. The van der Waals surface area contributed by atoms with Gasteiger partial charge in [0.15, 0.2) is 0 Å². The molecule has 0 aliphatic rings. The summed E-state index contributed by atoms with van der Waals surface area (Å²) in [5, 5.41) is 0. The molecule has 0 N–H and O–H groups in total. The number of allylic oxidation sites excluding steroid dienone is 1. The van der Waals surface area contributed by atoms with Crippen molar-refractivity contribution in [1.82, 2.24) is 0 Å². The standard InChI is InChI=1S/C12H14Cl2/c1-8(2)11(12(13)14)10-6-4-5-9(3)7-10/h4-8H,1-3H3. The Morgan fingerprint density at radius 1 is 1.21 bits per heavy atom. The largest absolute Gasteiger partial charge is 0.110 e. The van der Waals surface area contributed by atoms with Crippen LogP contribution >= 0.6 is 23.2 Å². The SMILES string of the molecule is Cc1cccc(C(=C(Cl)Cl)C(C)C)c1. The van der Waals surface area contributed by atoms with Gasteiger partial charge < -0.3 is 0 Å². The average molecular weight is 229 g/mol. The van der Waals surface area contributed by atoms with Crippen LogP contribution in [0.25, 0.3) is 5.57 Å². The van der Waals surface area contributed by atoms with Crippen molar-refractivity contribution in [2.45, 2.75) is 20.8 Å². The number of benzene rings is 1. The average Bonchev–Trinajstić information content (AvgIpc) is 2.02. The molecule has 0 bridgehead atoms. The van der Waals surface area contributed by atoms with Crippen LogP contribution in [0.2, 0.25) is 0 Å². The number of halogens is 2. The minimum absolute atomic E-state index is 0.335. The van der Waals surface area contributed by atoms with Crippen LogP contribution in [0.15, 0.2) is 28.8 Å². The fraction of sp³-hybridized carbons (Fsp3) is 0.333. The van der Waals surface area contributed by atoms with Crippen molar-refractivity contribution in [3.8, 4) is 0 Å². The van der Waals surface area contributed by atoms with Gasteiger partial charge in [0, 0.05) is 0 Å². The lowest BCUT2D eigenvalue weighted by molar-refractivity contribution is 0.855. The summed E-state index contributed by atoms with van der Waals surface area (Å²) in [5.74, 6) is 0.335. The molecule has 0 spiro atoms. The van der Waals surface area contributed by atoms with E-state index < -0.39 is 0 Å². The molecule has 0 aliphatic carbocycles. The maximum absolute atomic E-state index is 5.87. The molecule has 0 aromatic heterocycles. The molecule has 0 heterocycles. The maximum Gasteiger partial charge on any atom is 0.110 e. The topological polar surface area (TPSA) is 0 Å². The molecule has 14 heavy (non-hydrogen) atoms. The first kappa shape index (κ1) is 11.6. The Kier molecular flexibility index (Phi) is 4.03. The third-order valence-corrected chi connectivity index (χ3v) is 2.52. The number of hydrogen-bond acceptors (Lipinski definition) is 0. The molecule has 76 valence electrons. The first-order chi connectivity index (χ1) is 6.52. The molecule has 2 heteroatoms. The highest BCUT2D eigenvalue weighted by Crippen LogP contribution is 2.31. The molecule has 0 saturated carbocycles. The van der Waals surface area contributed by atoms with Crippen molar-refractivity contribution in [3.63, 3.8) is 0 Å². The molecule has 1 aromatic carbocycles. The molecule has 0 aliphatic heterocycles. The van der Waals surface area contributed by atoms with Crippen LogP contribution in [0.5, 0.6) is 0 Å². The van der Waals surface area contributed by atoms with E-state index in [1.54, 1.807) is 0 Å². The van der Waals surface area contributed by atoms with Crippen molar-refractivity contribution >= 4 is 28.8 Å². The lowest BCUT2D eigenvalue weighted by Gasteiger charge is -2.12. The van der Waals surface area contributed by atoms with Gasteiger partial charge in [0.2, 0.25) is 0 Å². The van der Waals surface area contributed by atoms with Gasteiger partial charge in [-0.1, -0.05) is 66.9 Å². The predicted molar refractivity (Wildman–Crippen MR) is 64.6 cm³/mol. The molecule has 0 nitrogen and oxygen atoms in total. The molecular formula is C12H14Cl2. The van der Waals surface area contributed by atoms with Crippen LogP contribution < -0.4 is 0 Å². The first-order valence-corrected chi connectivity index (χ1v) is 5.40. The summed E-state index contributed by atoms with van der Waals surface area (Å²) < 4.78 is 0.366. The molecule has 0 atom stereocenters. The van der Waals surface area contributed by atoms with E-state index in [2.05, 4.69) is 32.9 Å². The molecule has 0 unspecified atom stereocenters. The highest BCUT2D eigenvalue weighted by atomic mass is 35.5. The zero-order valence-corrected chi connectivity index (χ0v) is 10.2. The van der Waals surface area contributed by atoms with E-state index in [1.165, 1.54) is 5.56 Å². The van der Waals surface area contributed by atoms with Crippen molar-refractivity contribution < 1.29 is 0 Å². The van der Waals surface area contributed by atoms with E-state index in [9.17, 15) is 0 Å². The highest BCUT2D eigenvalue weighted by molar-refractivity contribution is 6.58. The van der Waals surface area contributed by atoms with Crippen molar-refractivity contribution in [2.24, 2.45) is 5.92 Å². The summed E-state index contributed by atoms with van der Waals surface area (Å²) in [6.07, 6.45) is 0. The van der Waals surface area contributed by atoms with Gasteiger partial charge in [-0.05, 0) is 24.0 Å².